The van der Waals surface area contributed by atoms with Crippen molar-refractivity contribution in [2.24, 2.45) is 0 Å². The Morgan fingerprint density at radius 1 is 1.15 bits per heavy atom. The van der Waals surface area contributed by atoms with Crippen LogP contribution in [-0.4, -0.2) is 25.1 Å². The van der Waals surface area contributed by atoms with Gasteiger partial charge in [-0.15, -0.1) is 0 Å². The van der Waals surface area contributed by atoms with E-state index in [0.29, 0.717) is 22.8 Å². The van der Waals surface area contributed by atoms with Crippen LogP contribution in [0, 0.1) is 0 Å². The third-order valence-corrected chi connectivity index (χ3v) is 5.47. The molecule has 1 aliphatic carbocycles. The van der Waals surface area contributed by atoms with Gasteiger partial charge < -0.3 is 19.8 Å². The fourth-order valence-electron chi connectivity index (χ4n) is 4.08. The maximum atomic E-state index is 12.6. The molecule has 1 aromatic carbocycles. The summed E-state index contributed by atoms with van der Waals surface area (Å²) in [6.07, 6.45) is 5.36. The van der Waals surface area contributed by atoms with Gasteiger partial charge in [-0.05, 0) is 42.4 Å². The smallest absolute Gasteiger partial charge is 0.256 e. The highest BCUT2D eigenvalue weighted by atomic mass is 16.5. The third kappa shape index (κ3) is 2.59. The molecule has 2 aliphatic rings. The minimum Gasteiger partial charge on any atom is -0.497 e. The summed E-state index contributed by atoms with van der Waals surface area (Å²) < 4.78 is 10.8. The van der Waals surface area contributed by atoms with Crippen LogP contribution in [0.15, 0.2) is 18.2 Å². The van der Waals surface area contributed by atoms with Gasteiger partial charge in [0.25, 0.3) is 5.91 Å². The van der Waals surface area contributed by atoms with Gasteiger partial charge in [-0.3, -0.25) is 4.79 Å². The number of rotatable bonds is 3. The number of benzene rings is 1. The van der Waals surface area contributed by atoms with Gasteiger partial charge in [0.1, 0.15) is 11.5 Å². The normalized spacial score (nSPS) is 19.1. The lowest BCUT2D eigenvalue weighted by Crippen LogP contribution is -2.22. The van der Waals surface area contributed by atoms with Crippen molar-refractivity contribution in [3.05, 3.63) is 40.7 Å². The predicted octanol–water partition coefficient (Wildman–Crippen LogP) is 4.14. The predicted molar refractivity (Wildman–Crippen MR) is 103 cm³/mol. The third-order valence-electron chi connectivity index (χ3n) is 5.47. The van der Waals surface area contributed by atoms with Crippen LogP contribution < -0.4 is 14.8 Å². The molecule has 2 N–H and O–H groups in total. The lowest BCUT2D eigenvalue weighted by molar-refractivity contribution is -0.110. The van der Waals surface area contributed by atoms with Crippen LogP contribution in [0.5, 0.6) is 11.5 Å². The van der Waals surface area contributed by atoms with Crippen molar-refractivity contribution in [3.8, 4) is 11.5 Å². The first-order chi connectivity index (χ1) is 12.4. The quantitative estimate of drug-likeness (QED) is 0.816. The van der Waals surface area contributed by atoms with Crippen LogP contribution >= 0.6 is 0 Å². The molecule has 0 saturated carbocycles. The van der Waals surface area contributed by atoms with E-state index < -0.39 is 0 Å². The Morgan fingerprint density at radius 3 is 2.65 bits per heavy atom. The van der Waals surface area contributed by atoms with Crippen molar-refractivity contribution in [2.45, 2.75) is 38.5 Å². The Labute approximate surface area is 153 Å². The molecule has 0 spiro atoms. The zero-order valence-corrected chi connectivity index (χ0v) is 15.7. The van der Waals surface area contributed by atoms with Crippen molar-refractivity contribution in [2.75, 3.05) is 19.5 Å². The molecule has 4 rings (SSSR count). The van der Waals surface area contributed by atoms with Gasteiger partial charge in [0.15, 0.2) is 0 Å². The van der Waals surface area contributed by atoms with Crippen LogP contribution in [0.1, 0.15) is 49.2 Å². The van der Waals surface area contributed by atoms with E-state index in [1.165, 1.54) is 24.1 Å². The Hall–Kier alpha value is -2.69. The first-order valence-corrected chi connectivity index (χ1v) is 8.95. The summed E-state index contributed by atoms with van der Waals surface area (Å²) in [6.45, 7) is 4.56. The molecule has 2 aromatic rings. The average Bonchev–Trinajstić information content (AvgIpc) is 3.16. The van der Waals surface area contributed by atoms with E-state index in [1.807, 2.05) is 12.1 Å². The summed E-state index contributed by atoms with van der Waals surface area (Å²) in [6, 6.07) is 5.80. The summed E-state index contributed by atoms with van der Waals surface area (Å²) in [7, 11) is 3.20. The number of carbonyl (C=O) groups is 1. The number of fused-ring (bicyclic) bond motifs is 2. The van der Waals surface area contributed by atoms with Gasteiger partial charge in [0.2, 0.25) is 0 Å². The highest BCUT2D eigenvalue weighted by Crippen LogP contribution is 2.43. The second-order valence-corrected chi connectivity index (χ2v) is 7.62. The number of aromatic amines is 1. The maximum Gasteiger partial charge on any atom is 0.256 e. The van der Waals surface area contributed by atoms with Gasteiger partial charge in [-0.2, -0.15) is 0 Å². The molecule has 1 amide bonds. The van der Waals surface area contributed by atoms with E-state index >= 15 is 0 Å². The molecule has 5 nitrogen and oxygen atoms in total. The van der Waals surface area contributed by atoms with Crippen LogP contribution in [0.25, 0.3) is 11.6 Å². The van der Waals surface area contributed by atoms with Crippen molar-refractivity contribution >= 4 is 23.2 Å². The zero-order valence-electron chi connectivity index (χ0n) is 15.7. The number of hydrogen-bond donors (Lipinski definition) is 2. The van der Waals surface area contributed by atoms with E-state index in [9.17, 15) is 4.79 Å². The summed E-state index contributed by atoms with van der Waals surface area (Å²) in [5, 5.41) is 2.91. The number of ether oxygens (including phenoxy) is 2. The lowest BCUT2D eigenvalue weighted by Gasteiger charge is -2.29. The Balaban J connectivity index is 1.81. The lowest BCUT2D eigenvalue weighted by atomic mass is 9.75. The van der Waals surface area contributed by atoms with E-state index in [1.54, 1.807) is 20.3 Å². The van der Waals surface area contributed by atoms with Crippen molar-refractivity contribution in [1.29, 1.82) is 0 Å². The molecule has 0 radical (unpaired) electrons. The van der Waals surface area contributed by atoms with Crippen LogP contribution in [0.3, 0.4) is 0 Å². The summed E-state index contributed by atoms with van der Waals surface area (Å²) >= 11 is 0. The van der Waals surface area contributed by atoms with Gasteiger partial charge in [-0.25, -0.2) is 0 Å². The number of aryl methyl sites for hydroxylation is 1. The molecule has 0 atom stereocenters. The second-order valence-electron chi connectivity index (χ2n) is 7.62. The number of H-pyrrole nitrogens is 1. The minimum absolute atomic E-state index is 0.126. The van der Waals surface area contributed by atoms with E-state index in [0.717, 1.165) is 17.7 Å². The Kier molecular flexibility index (Phi) is 3.83. The van der Waals surface area contributed by atoms with Gasteiger partial charge >= 0.3 is 0 Å². The van der Waals surface area contributed by atoms with Crippen LogP contribution in [-0.2, 0) is 16.6 Å². The largest absolute Gasteiger partial charge is 0.497 e. The first-order valence-electron chi connectivity index (χ1n) is 8.95. The Bertz CT molecular complexity index is 922. The molecule has 0 saturated heterocycles. The molecule has 0 unspecified atom stereocenters. The number of methoxy groups -OCH3 is 2. The number of carbonyl (C=O) groups excluding carboxylic acids is 1. The number of nitrogens with one attached hydrogen (secondary N) is 2. The molecule has 0 fully saturated rings. The molecule has 2 heterocycles. The zero-order chi connectivity index (χ0) is 18.5. The molecule has 136 valence electrons. The molecule has 1 aromatic heterocycles. The van der Waals surface area contributed by atoms with E-state index in [2.05, 4.69) is 30.2 Å². The topological polar surface area (TPSA) is 63.4 Å². The minimum atomic E-state index is -0.126. The SMILES string of the molecule is COc1cc2c(c(OC)c1)C(=Cc1cc3c([nH]1)CCCC3(C)C)C(=O)N2. The van der Waals surface area contributed by atoms with Crippen LogP contribution in [0.2, 0.25) is 0 Å². The average molecular weight is 352 g/mol. The maximum absolute atomic E-state index is 12.6. The Morgan fingerprint density at radius 2 is 1.96 bits per heavy atom. The highest BCUT2D eigenvalue weighted by molar-refractivity contribution is 6.35. The van der Waals surface area contributed by atoms with Crippen molar-refractivity contribution in [3.63, 3.8) is 0 Å². The molecular formula is C21H24N2O3. The standard InChI is InChI=1S/C21H24N2O3/c1-21(2)7-5-6-16-15(21)9-12(22-16)8-14-19-17(23-20(14)24)10-13(25-3)11-18(19)26-4/h8-11,22H,5-7H2,1-4H3,(H,23,24). The second kappa shape index (κ2) is 5.94. The number of aromatic nitrogens is 1. The summed E-state index contributed by atoms with van der Waals surface area (Å²) in [4.78, 5) is 16.1. The molecule has 1 aliphatic heterocycles. The molecule has 5 heteroatoms. The van der Waals surface area contributed by atoms with Crippen LogP contribution in [0.4, 0.5) is 5.69 Å². The number of amides is 1. The highest BCUT2D eigenvalue weighted by Gasteiger charge is 2.31. The van der Waals surface area contributed by atoms with E-state index in [-0.39, 0.29) is 11.3 Å². The fourth-order valence-corrected chi connectivity index (χ4v) is 4.08. The molecular weight excluding hydrogens is 328 g/mol. The number of anilines is 1. The summed E-state index contributed by atoms with van der Waals surface area (Å²) in [5.41, 5.74) is 5.88. The fraction of sp³-hybridized carbons (Fsp3) is 0.381. The van der Waals surface area contributed by atoms with Gasteiger partial charge in [-0.1, -0.05) is 13.8 Å². The molecule has 0 bridgehead atoms. The molecule has 26 heavy (non-hydrogen) atoms. The van der Waals surface area contributed by atoms with Crippen molar-refractivity contribution in [1.82, 2.24) is 4.98 Å². The van der Waals surface area contributed by atoms with Crippen molar-refractivity contribution < 1.29 is 14.3 Å². The monoisotopic (exact) mass is 352 g/mol. The number of hydrogen-bond acceptors (Lipinski definition) is 3. The van der Waals surface area contributed by atoms with Gasteiger partial charge in [0, 0.05) is 23.5 Å². The van der Waals surface area contributed by atoms with Gasteiger partial charge in [0.05, 0.1) is 31.0 Å². The summed E-state index contributed by atoms with van der Waals surface area (Å²) in [5.74, 6) is 1.15. The first kappa shape index (κ1) is 16.8. The van der Waals surface area contributed by atoms with E-state index in [4.69, 9.17) is 9.47 Å².